The van der Waals surface area contributed by atoms with Crippen molar-refractivity contribution in [3.63, 3.8) is 0 Å². The first kappa shape index (κ1) is 21.7. The number of carbonyl (C=O) groups is 2. The van der Waals surface area contributed by atoms with Crippen molar-refractivity contribution in [3.8, 4) is 11.8 Å². The quantitative estimate of drug-likeness (QED) is 0.426. The van der Waals surface area contributed by atoms with Crippen LogP contribution in [0.15, 0.2) is 36.4 Å². The summed E-state index contributed by atoms with van der Waals surface area (Å²) in [6.45, 7) is 4.27. The van der Waals surface area contributed by atoms with Crippen LogP contribution in [0.3, 0.4) is 0 Å². The van der Waals surface area contributed by atoms with Gasteiger partial charge in [0.1, 0.15) is 0 Å². The Balaban J connectivity index is 1.98. The van der Waals surface area contributed by atoms with E-state index < -0.39 is 6.10 Å². The van der Waals surface area contributed by atoms with E-state index in [9.17, 15) is 14.7 Å². The van der Waals surface area contributed by atoms with Gasteiger partial charge in [-0.05, 0) is 30.4 Å². The minimum atomic E-state index is -0.573. The predicted molar refractivity (Wildman–Crippen MR) is 108 cm³/mol. The van der Waals surface area contributed by atoms with Gasteiger partial charge in [0.2, 0.25) is 5.91 Å². The third-order valence-electron chi connectivity index (χ3n) is 5.04. The third kappa shape index (κ3) is 6.24. The normalized spacial score (nSPS) is 18.6. The number of amides is 1. The number of carbonyl (C=O) groups excluding carboxylic acids is 2. The summed E-state index contributed by atoms with van der Waals surface area (Å²) in [6, 6.07) is 7.63. The van der Waals surface area contributed by atoms with Crippen molar-refractivity contribution >= 4 is 11.9 Å². The number of ether oxygens (including phenoxy) is 1. The first-order chi connectivity index (χ1) is 13.4. The molecule has 0 radical (unpaired) electrons. The molecule has 0 bridgehead atoms. The Morgan fingerprint density at radius 2 is 2.04 bits per heavy atom. The molecule has 0 spiro atoms. The van der Waals surface area contributed by atoms with Gasteiger partial charge in [0.15, 0.2) is 0 Å². The van der Waals surface area contributed by atoms with Gasteiger partial charge in [-0.2, -0.15) is 0 Å². The molecule has 5 heteroatoms. The smallest absolute Gasteiger partial charge is 0.309 e. The lowest BCUT2D eigenvalue weighted by Gasteiger charge is -2.23. The Morgan fingerprint density at radius 1 is 1.36 bits per heavy atom. The fourth-order valence-corrected chi connectivity index (χ4v) is 3.17. The molecular formula is C23H29NO4. The van der Waals surface area contributed by atoms with Gasteiger partial charge in [-0.15, -0.1) is 11.8 Å². The highest BCUT2D eigenvalue weighted by atomic mass is 16.5. The summed E-state index contributed by atoms with van der Waals surface area (Å²) >= 11 is 0. The molecule has 1 amide bonds. The van der Waals surface area contributed by atoms with E-state index in [0.29, 0.717) is 19.4 Å². The lowest BCUT2D eigenvalue weighted by atomic mass is 10.00. The predicted octanol–water partition coefficient (Wildman–Crippen LogP) is 2.86. The van der Waals surface area contributed by atoms with Gasteiger partial charge < -0.3 is 14.7 Å². The second-order valence-electron chi connectivity index (χ2n) is 7.18. The van der Waals surface area contributed by atoms with Gasteiger partial charge in [0, 0.05) is 19.4 Å². The zero-order valence-corrected chi connectivity index (χ0v) is 16.9. The standard InChI is InChI=1S/C23H29NO4/c1-4-5-6-17(2)21(25)13-11-20-12-14-22(26)24(20)16-19-9-7-18(8-10-19)15-23(27)28-3/h7-11,13,17,20-21,25H,6,12,14-16H2,1-3H3. The number of methoxy groups -OCH3 is 1. The molecule has 3 atom stereocenters. The maximum absolute atomic E-state index is 12.3. The largest absolute Gasteiger partial charge is 0.469 e. The summed E-state index contributed by atoms with van der Waals surface area (Å²) in [4.78, 5) is 25.5. The van der Waals surface area contributed by atoms with Crippen LogP contribution in [0.25, 0.3) is 0 Å². The number of nitrogens with zero attached hydrogens (tertiary/aromatic N) is 1. The van der Waals surface area contributed by atoms with Crippen molar-refractivity contribution in [1.82, 2.24) is 4.90 Å². The minimum absolute atomic E-state index is 0.0126. The van der Waals surface area contributed by atoms with Gasteiger partial charge in [-0.3, -0.25) is 9.59 Å². The third-order valence-corrected chi connectivity index (χ3v) is 5.04. The van der Waals surface area contributed by atoms with E-state index in [0.717, 1.165) is 17.5 Å². The van der Waals surface area contributed by atoms with Crippen LogP contribution >= 0.6 is 0 Å². The minimum Gasteiger partial charge on any atom is -0.469 e. The van der Waals surface area contributed by atoms with Crippen LogP contribution in [0.5, 0.6) is 0 Å². The van der Waals surface area contributed by atoms with Crippen molar-refractivity contribution in [2.45, 2.75) is 58.2 Å². The van der Waals surface area contributed by atoms with Gasteiger partial charge >= 0.3 is 5.97 Å². The Bertz CT molecular complexity index is 757. The van der Waals surface area contributed by atoms with E-state index in [4.69, 9.17) is 0 Å². The number of benzene rings is 1. The average molecular weight is 383 g/mol. The molecule has 28 heavy (non-hydrogen) atoms. The number of hydrogen-bond donors (Lipinski definition) is 1. The van der Waals surface area contributed by atoms with Crippen LogP contribution in [0.2, 0.25) is 0 Å². The maximum atomic E-state index is 12.3. The summed E-state index contributed by atoms with van der Waals surface area (Å²) in [6.07, 6.45) is 5.32. The molecule has 0 aromatic heterocycles. The van der Waals surface area contributed by atoms with Gasteiger partial charge in [0.25, 0.3) is 0 Å². The average Bonchev–Trinajstić information content (AvgIpc) is 3.05. The molecule has 1 N–H and O–H groups in total. The number of esters is 1. The fourth-order valence-electron chi connectivity index (χ4n) is 3.17. The zero-order chi connectivity index (χ0) is 20.5. The molecule has 1 aromatic carbocycles. The summed E-state index contributed by atoms with van der Waals surface area (Å²) < 4.78 is 4.68. The monoisotopic (exact) mass is 383 g/mol. The second-order valence-corrected chi connectivity index (χ2v) is 7.18. The highest BCUT2D eigenvalue weighted by molar-refractivity contribution is 5.79. The first-order valence-corrected chi connectivity index (χ1v) is 9.64. The van der Waals surface area contributed by atoms with E-state index in [1.165, 1.54) is 7.11 Å². The van der Waals surface area contributed by atoms with Gasteiger partial charge in [-0.25, -0.2) is 0 Å². The van der Waals surface area contributed by atoms with E-state index in [1.54, 1.807) is 13.0 Å². The van der Waals surface area contributed by atoms with Crippen LogP contribution in [-0.4, -0.2) is 41.1 Å². The Morgan fingerprint density at radius 3 is 2.68 bits per heavy atom. The molecule has 1 aliphatic rings. The van der Waals surface area contributed by atoms with Crippen LogP contribution < -0.4 is 0 Å². The van der Waals surface area contributed by atoms with Crippen LogP contribution in [0.4, 0.5) is 0 Å². The number of aliphatic hydroxyl groups excluding tert-OH is 1. The van der Waals surface area contributed by atoms with Crippen molar-refractivity contribution < 1.29 is 19.4 Å². The lowest BCUT2D eigenvalue weighted by molar-refractivity contribution is -0.139. The molecular weight excluding hydrogens is 354 g/mol. The molecule has 1 fully saturated rings. The molecule has 1 heterocycles. The van der Waals surface area contributed by atoms with Gasteiger partial charge in [-0.1, -0.05) is 43.3 Å². The van der Waals surface area contributed by atoms with Crippen molar-refractivity contribution in [2.24, 2.45) is 5.92 Å². The number of likely N-dealkylation sites (tertiary alicyclic amines) is 1. The van der Waals surface area contributed by atoms with Crippen molar-refractivity contribution in [3.05, 3.63) is 47.5 Å². The topological polar surface area (TPSA) is 66.8 Å². The molecule has 1 saturated heterocycles. The molecule has 150 valence electrons. The summed E-state index contributed by atoms with van der Waals surface area (Å²) in [5.74, 6) is 5.73. The van der Waals surface area contributed by atoms with Crippen molar-refractivity contribution in [1.29, 1.82) is 0 Å². The zero-order valence-electron chi connectivity index (χ0n) is 16.9. The fraction of sp³-hybridized carbons (Fsp3) is 0.478. The first-order valence-electron chi connectivity index (χ1n) is 9.64. The highest BCUT2D eigenvalue weighted by Crippen LogP contribution is 2.23. The lowest BCUT2D eigenvalue weighted by Crippen LogP contribution is -2.31. The summed E-state index contributed by atoms with van der Waals surface area (Å²) in [7, 11) is 1.37. The van der Waals surface area contributed by atoms with Crippen molar-refractivity contribution in [2.75, 3.05) is 7.11 Å². The summed E-state index contributed by atoms with van der Waals surface area (Å²) in [5.41, 5.74) is 1.89. The molecule has 0 saturated carbocycles. The molecule has 5 nitrogen and oxygen atoms in total. The number of rotatable bonds is 8. The maximum Gasteiger partial charge on any atom is 0.309 e. The molecule has 2 rings (SSSR count). The molecule has 1 aromatic rings. The summed E-state index contributed by atoms with van der Waals surface area (Å²) in [5, 5.41) is 10.3. The Labute approximate surface area is 167 Å². The van der Waals surface area contributed by atoms with E-state index in [2.05, 4.69) is 16.6 Å². The van der Waals surface area contributed by atoms with Crippen LogP contribution in [0.1, 0.15) is 44.2 Å². The molecule has 1 aliphatic heterocycles. The SMILES string of the molecule is CC#CCC(C)C(O)C=CC1CCC(=O)N1Cc1ccc(CC(=O)OC)cc1. The van der Waals surface area contributed by atoms with E-state index >= 15 is 0 Å². The van der Waals surface area contributed by atoms with E-state index in [1.807, 2.05) is 42.2 Å². The van der Waals surface area contributed by atoms with Crippen LogP contribution in [0, 0.1) is 17.8 Å². The highest BCUT2D eigenvalue weighted by Gasteiger charge is 2.29. The Kier molecular flexibility index (Phi) is 8.28. The number of aliphatic hydroxyl groups is 1. The van der Waals surface area contributed by atoms with E-state index in [-0.39, 0.29) is 30.3 Å². The Hall–Kier alpha value is -2.58. The molecule has 0 aliphatic carbocycles. The second kappa shape index (κ2) is 10.7. The molecule has 3 unspecified atom stereocenters. The number of hydrogen-bond acceptors (Lipinski definition) is 4. The van der Waals surface area contributed by atoms with Gasteiger partial charge in [0.05, 0.1) is 25.7 Å². The van der Waals surface area contributed by atoms with Crippen LogP contribution in [-0.2, 0) is 27.3 Å².